The summed E-state index contributed by atoms with van der Waals surface area (Å²) in [4.78, 5) is 17.4. The minimum atomic E-state index is -0.803. The van der Waals surface area contributed by atoms with Crippen LogP contribution in [0, 0.1) is 18.6 Å². The third-order valence-corrected chi connectivity index (χ3v) is 5.34. The maximum absolute atomic E-state index is 14.0. The van der Waals surface area contributed by atoms with E-state index in [2.05, 4.69) is 20.6 Å². The van der Waals surface area contributed by atoms with Gasteiger partial charge in [-0.2, -0.15) is 5.10 Å². The maximum Gasteiger partial charge on any atom is 0.273 e. The van der Waals surface area contributed by atoms with Gasteiger partial charge in [0.2, 0.25) is 0 Å². The second-order valence-electron chi connectivity index (χ2n) is 7.78. The molecule has 3 aromatic heterocycles. The van der Waals surface area contributed by atoms with Gasteiger partial charge in [-0.15, -0.1) is 0 Å². The minimum absolute atomic E-state index is 0.0158. The topological polar surface area (TPSA) is 85.8 Å². The lowest BCUT2D eigenvalue weighted by molar-refractivity contribution is 0.0938. The molecular weight excluding hydrogens is 416 g/mol. The Morgan fingerprint density at radius 1 is 1.22 bits per heavy atom. The molecule has 1 unspecified atom stereocenters. The van der Waals surface area contributed by atoms with Crippen LogP contribution in [0.4, 0.5) is 8.78 Å². The molecule has 0 aliphatic carbocycles. The highest BCUT2D eigenvalue weighted by Crippen LogP contribution is 2.30. The lowest BCUT2D eigenvalue weighted by Gasteiger charge is -2.28. The van der Waals surface area contributed by atoms with Crippen molar-refractivity contribution in [2.75, 3.05) is 6.54 Å². The predicted molar refractivity (Wildman–Crippen MR) is 113 cm³/mol. The number of aromatic nitrogens is 4. The van der Waals surface area contributed by atoms with Crippen molar-refractivity contribution >= 4 is 5.91 Å². The first-order valence-electron chi connectivity index (χ1n) is 9.90. The van der Waals surface area contributed by atoms with Gasteiger partial charge < -0.3 is 9.84 Å². The molecule has 0 saturated heterocycles. The molecule has 0 saturated carbocycles. The molecule has 1 aromatic carbocycles. The second-order valence-corrected chi connectivity index (χ2v) is 7.78. The third kappa shape index (κ3) is 4.14. The van der Waals surface area contributed by atoms with Crippen LogP contribution in [0.5, 0.6) is 0 Å². The normalized spacial score (nSPS) is 13.0. The number of aryl methyl sites for hydroxylation is 2. The SMILES string of the molecule is Cc1cccc(C(C)(CNC(=O)c2cc(-c3ccc(F)cc3F)on2)c2cnn(C)c2)n1. The number of hydrogen-bond donors (Lipinski definition) is 1. The average molecular weight is 437 g/mol. The summed E-state index contributed by atoms with van der Waals surface area (Å²) < 4.78 is 34.0. The summed E-state index contributed by atoms with van der Waals surface area (Å²) in [6.07, 6.45) is 3.61. The van der Waals surface area contributed by atoms with Crippen LogP contribution in [0.25, 0.3) is 11.3 Å². The number of carbonyl (C=O) groups is 1. The van der Waals surface area contributed by atoms with Gasteiger partial charge in [0.05, 0.1) is 22.9 Å². The Morgan fingerprint density at radius 2 is 2.03 bits per heavy atom. The van der Waals surface area contributed by atoms with E-state index in [9.17, 15) is 13.6 Å². The average Bonchev–Trinajstić information content (AvgIpc) is 3.41. The molecule has 0 fully saturated rings. The fraction of sp³-hybridized carbons (Fsp3) is 0.217. The van der Waals surface area contributed by atoms with Gasteiger partial charge >= 0.3 is 0 Å². The van der Waals surface area contributed by atoms with Crippen molar-refractivity contribution in [1.29, 1.82) is 0 Å². The fourth-order valence-corrected chi connectivity index (χ4v) is 3.44. The highest BCUT2D eigenvalue weighted by Gasteiger charge is 2.33. The van der Waals surface area contributed by atoms with Gasteiger partial charge in [-0.1, -0.05) is 11.2 Å². The number of halogens is 2. The van der Waals surface area contributed by atoms with Crippen molar-refractivity contribution in [1.82, 2.24) is 25.2 Å². The van der Waals surface area contributed by atoms with Crippen molar-refractivity contribution < 1.29 is 18.1 Å². The summed E-state index contributed by atoms with van der Waals surface area (Å²) >= 11 is 0. The summed E-state index contributed by atoms with van der Waals surface area (Å²) in [5.41, 5.74) is 1.85. The van der Waals surface area contributed by atoms with Gasteiger partial charge in [-0.05, 0) is 38.1 Å². The van der Waals surface area contributed by atoms with Gasteiger partial charge in [0.1, 0.15) is 11.6 Å². The molecule has 1 N–H and O–H groups in total. The van der Waals surface area contributed by atoms with Gasteiger partial charge in [0.25, 0.3) is 5.91 Å². The Morgan fingerprint density at radius 3 is 2.72 bits per heavy atom. The Hall–Kier alpha value is -3.88. The monoisotopic (exact) mass is 437 g/mol. The molecule has 4 rings (SSSR count). The Balaban J connectivity index is 1.58. The number of nitrogens with zero attached hydrogens (tertiary/aromatic N) is 4. The van der Waals surface area contributed by atoms with Gasteiger partial charge in [-0.25, -0.2) is 8.78 Å². The van der Waals surface area contributed by atoms with Crippen LogP contribution in [-0.2, 0) is 12.5 Å². The largest absolute Gasteiger partial charge is 0.355 e. The van der Waals surface area contributed by atoms with E-state index in [1.54, 1.807) is 10.9 Å². The molecule has 0 aliphatic heterocycles. The van der Waals surface area contributed by atoms with E-state index in [0.717, 1.165) is 29.1 Å². The zero-order valence-corrected chi connectivity index (χ0v) is 17.8. The summed E-state index contributed by atoms with van der Waals surface area (Å²) in [5, 5.41) is 10.9. The molecule has 1 atom stereocenters. The van der Waals surface area contributed by atoms with Crippen LogP contribution >= 0.6 is 0 Å². The molecule has 7 nitrogen and oxygen atoms in total. The number of nitrogens with one attached hydrogen (secondary N) is 1. The molecule has 0 bridgehead atoms. The van der Waals surface area contributed by atoms with Crippen LogP contribution in [-0.4, -0.2) is 32.4 Å². The molecule has 4 aromatic rings. The standard InChI is InChI=1S/C23H21F2N5O2/c1-14-5-4-6-21(28-14)23(2,15-11-27-30(3)12-15)13-26-22(31)19-10-20(32-29-19)17-8-7-16(24)9-18(17)25/h4-12H,13H2,1-3H3,(H,26,31). The van der Waals surface area contributed by atoms with Crippen molar-refractivity contribution in [3.63, 3.8) is 0 Å². The van der Waals surface area contributed by atoms with E-state index in [0.29, 0.717) is 0 Å². The van der Waals surface area contributed by atoms with E-state index in [-0.39, 0.29) is 23.6 Å². The van der Waals surface area contributed by atoms with Crippen molar-refractivity contribution in [2.45, 2.75) is 19.3 Å². The molecule has 0 radical (unpaired) electrons. The minimum Gasteiger partial charge on any atom is -0.355 e. The maximum atomic E-state index is 14.0. The van der Waals surface area contributed by atoms with Gasteiger partial charge in [0, 0.05) is 43.2 Å². The number of benzene rings is 1. The smallest absolute Gasteiger partial charge is 0.273 e. The van der Waals surface area contributed by atoms with Crippen molar-refractivity contribution in [3.8, 4) is 11.3 Å². The fourth-order valence-electron chi connectivity index (χ4n) is 3.44. The highest BCUT2D eigenvalue weighted by molar-refractivity contribution is 5.93. The van der Waals surface area contributed by atoms with Crippen LogP contribution in [0.2, 0.25) is 0 Å². The zero-order chi connectivity index (χ0) is 22.9. The first kappa shape index (κ1) is 21.4. The number of carbonyl (C=O) groups excluding carboxylic acids is 1. The first-order chi connectivity index (χ1) is 15.3. The number of pyridine rings is 1. The zero-order valence-electron chi connectivity index (χ0n) is 17.8. The van der Waals surface area contributed by atoms with Gasteiger partial charge in [-0.3, -0.25) is 14.5 Å². The molecule has 9 heteroatoms. The van der Waals surface area contributed by atoms with E-state index in [1.165, 1.54) is 12.1 Å². The number of amides is 1. The van der Waals surface area contributed by atoms with Crippen LogP contribution < -0.4 is 5.32 Å². The number of rotatable bonds is 6. The quantitative estimate of drug-likeness (QED) is 0.496. The predicted octanol–water partition coefficient (Wildman–Crippen LogP) is 3.79. The van der Waals surface area contributed by atoms with E-state index < -0.39 is 23.0 Å². The molecule has 3 heterocycles. The summed E-state index contributed by atoms with van der Waals surface area (Å²) in [5.74, 6) is -1.97. The molecule has 1 amide bonds. The molecule has 32 heavy (non-hydrogen) atoms. The Labute approximate surface area is 183 Å². The van der Waals surface area contributed by atoms with E-state index in [1.807, 2.05) is 45.3 Å². The van der Waals surface area contributed by atoms with E-state index in [4.69, 9.17) is 4.52 Å². The molecular formula is C23H21F2N5O2. The lowest BCUT2D eigenvalue weighted by atomic mass is 9.80. The van der Waals surface area contributed by atoms with E-state index >= 15 is 0 Å². The second kappa shape index (κ2) is 8.33. The van der Waals surface area contributed by atoms with Crippen molar-refractivity contribution in [2.24, 2.45) is 7.05 Å². The first-order valence-corrected chi connectivity index (χ1v) is 9.90. The molecule has 0 aliphatic rings. The molecule has 0 spiro atoms. The highest BCUT2D eigenvalue weighted by atomic mass is 19.1. The Bertz CT molecular complexity index is 1280. The van der Waals surface area contributed by atoms with Crippen molar-refractivity contribution in [3.05, 3.63) is 89.1 Å². The number of hydrogen-bond acceptors (Lipinski definition) is 5. The van der Waals surface area contributed by atoms with Gasteiger partial charge in [0.15, 0.2) is 11.5 Å². The van der Waals surface area contributed by atoms with Crippen LogP contribution in [0.3, 0.4) is 0 Å². The summed E-state index contributed by atoms with van der Waals surface area (Å²) in [6.45, 7) is 4.08. The van der Waals surface area contributed by atoms with Crippen LogP contribution in [0.15, 0.2) is 59.4 Å². The summed E-state index contributed by atoms with van der Waals surface area (Å²) in [6, 6.07) is 10.1. The Kier molecular flexibility index (Phi) is 5.56. The lowest BCUT2D eigenvalue weighted by Crippen LogP contribution is -2.40. The summed E-state index contributed by atoms with van der Waals surface area (Å²) in [7, 11) is 1.82. The third-order valence-electron chi connectivity index (χ3n) is 5.34. The molecule has 164 valence electrons. The van der Waals surface area contributed by atoms with Crippen LogP contribution in [0.1, 0.15) is 34.4 Å².